The lowest BCUT2D eigenvalue weighted by Gasteiger charge is -2.15. The molecule has 76 valence electrons. The summed E-state index contributed by atoms with van der Waals surface area (Å²) < 4.78 is 23.5. The summed E-state index contributed by atoms with van der Waals surface area (Å²) in [6.45, 7) is -0.363. The highest BCUT2D eigenvalue weighted by molar-refractivity contribution is 7.80. The zero-order valence-corrected chi connectivity index (χ0v) is 8.17. The molecule has 1 saturated carbocycles. The molecular weight excluding hydrogens is 194 g/mol. The lowest BCUT2D eigenvalue weighted by molar-refractivity contribution is 0.152. The van der Waals surface area contributed by atoms with Gasteiger partial charge in [-0.3, -0.25) is 0 Å². The lowest BCUT2D eigenvalue weighted by atomic mass is 10.3. The Morgan fingerprint density at radius 3 is 2.54 bits per heavy atom. The first-order chi connectivity index (χ1) is 6.18. The van der Waals surface area contributed by atoms with Crippen molar-refractivity contribution >= 4 is 17.3 Å². The van der Waals surface area contributed by atoms with E-state index < -0.39 is 6.43 Å². The topological polar surface area (TPSA) is 24.1 Å². The van der Waals surface area contributed by atoms with Gasteiger partial charge in [0.2, 0.25) is 0 Å². The van der Waals surface area contributed by atoms with Gasteiger partial charge in [-0.05, 0) is 25.1 Å². The highest BCUT2D eigenvalue weighted by Crippen LogP contribution is 2.17. The van der Waals surface area contributed by atoms with E-state index in [0.717, 1.165) is 12.8 Å². The van der Waals surface area contributed by atoms with E-state index in [-0.39, 0.29) is 6.54 Å². The fourth-order valence-corrected chi connectivity index (χ4v) is 1.73. The van der Waals surface area contributed by atoms with Crippen LogP contribution in [0.1, 0.15) is 25.7 Å². The van der Waals surface area contributed by atoms with Gasteiger partial charge in [-0.1, -0.05) is 12.8 Å². The summed E-state index contributed by atoms with van der Waals surface area (Å²) >= 11 is 4.85. The smallest absolute Gasteiger partial charge is 0.255 e. The van der Waals surface area contributed by atoms with E-state index in [4.69, 9.17) is 12.2 Å². The Morgan fingerprint density at radius 2 is 2.00 bits per heavy atom. The second kappa shape index (κ2) is 5.32. The van der Waals surface area contributed by atoms with Gasteiger partial charge in [-0.25, -0.2) is 8.78 Å². The average Bonchev–Trinajstić information content (AvgIpc) is 2.53. The van der Waals surface area contributed by atoms with Crippen molar-refractivity contribution in [3.05, 3.63) is 0 Å². The van der Waals surface area contributed by atoms with Crippen molar-refractivity contribution in [1.82, 2.24) is 10.6 Å². The molecule has 1 rings (SSSR count). The van der Waals surface area contributed by atoms with Crippen molar-refractivity contribution in [1.29, 1.82) is 0 Å². The summed E-state index contributed by atoms with van der Waals surface area (Å²) in [5.74, 6) is 0. The standard InChI is InChI=1S/C8H14F2N2S/c9-7(10)5-11-8(13)12-6-3-1-2-4-6/h6-7H,1-5H2,(H2,11,12,13). The number of thiocarbonyl (C=S) groups is 1. The molecule has 0 aromatic rings. The minimum absolute atomic E-state index is 0.354. The van der Waals surface area contributed by atoms with E-state index in [1.165, 1.54) is 12.8 Å². The first-order valence-corrected chi connectivity index (χ1v) is 4.92. The van der Waals surface area contributed by atoms with Crippen LogP contribution in [0.3, 0.4) is 0 Å². The fourth-order valence-electron chi connectivity index (χ4n) is 1.48. The molecule has 2 N–H and O–H groups in total. The lowest BCUT2D eigenvalue weighted by Crippen LogP contribution is -2.42. The van der Waals surface area contributed by atoms with E-state index in [9.17, 15) is 8.78 Å². The van der Waals surface area contributed by atoms with Crippen molar-refractivity contribution in [3.63, 3.8) is 0 Å². The maximum Gasteiger partial charge on any atom is 0.255 e. The molecule has 1 aliphatic rings. The van der Waals surface area contributed by atoms with E-state index >= 15 is 0 Å². The van der Waals surface area contributed by atoms with Gasteiger partial charge in [0, 0.05) is 6.04 Å². The Kier molecular flexibility index (Phi) is 4.35. The van der Waals surface area contributed by atoms with E-state index in [2.05, 4.69) is 10.6 Å². The van der Waals surface area contributed by atoms with Gasteiger partial charge >= 0.3 is 0 Å². The van der Waals surface area contributed by atoms with E-state index in [1.807, 2.05) is 0 Å². The molecule has 0 aliphatic heterocycles. The molecule has 0 spiro atoms. The molecule has 0 radical (unpaired) electrons. The molecule has 0 saturated heterocycles. The zero-order chi connectivity index (χ0) is 9.68. The van der Waals surface area contributed by atoms with Crippen LogP contribution in [0.5, 0.6) is 0 Å². The quantitative estimate of drug-likeness (QED) is 0.690. The van der Waals surface area contributed by atoms with Crippen LogP contribution in [0.15, 0.2) is 0 Å². The summed E-state index contributed by atoms with van der Waals surface area (Å²) in [6, 6.07) is 0.387. The Labute approximate surface area is 82.1 Å². The third-order valence-electron chi connectivity index (χ3n) is 2.11. The van der Waals surface area contributed by atoms with Crippen LogP contribution in [-0.2, 0) is 0 Å². The van der Waals surface area contributed by atoms with Gasteiger partial charge in [-0.2, -0.15) is 0 Å². The monoisotopic (exact) mass is 208 g/mol. The summed E-state index contributed by atoms with van der Waals surface area (Å²) in [5.41, 5.74) is 0. The van der Waals surface area contributed by atoms with Gasteiger partial charge in [0.15, 0.2) is 5.11 Å². The summed E-state index contributed by atoms with van der Waals surface area (Å²) in [4.78, 5) is 0. The van der Waals surface area contributed by atoms with Crippen molar-refractivity contribution in [2.45, 2.75) is 38.2 Å². The molecule has 0 unspecified atom stereocenters. The highest BCUT2D eigenvalue weighted by atomic mass is 32.1. The Balaban J connectivity index is 2.09. The Morgan fingerprint density at radius 1 is 1.38 bits per heavy atom. The molecule has 2 nitrogen and oxygen atoms in total. The van der Waals surface area contributed by atoms with Gasteiger partial charge in [0.25, 0.3) is 6.43 Å². The van der Waals surface area contributed by atoms with Crippen LogP contribution >= 0.6 is 12.2 Å². The first-order valence-electron chi connectivity index (χ1n) is 4.51. The second-order valence-electron chi connectivity index (χ2n) is 3.23. The number of halogens is 2. The average molecular weight is 208 g/mol. The van der Waals surface area contributed by atoms with Crippen LogP contribution in [0.2, 0.25) is 0 Å². The maximum atomic E-state index is 11.8. The summed E-state index contributed by atoms with van der Waals surface area (Å²) in [5, 5.41) is 5.85. The van der Waals surface area contributed by atoms with Gasteiger partial charge in [0.1, 0.15) is 0 Å². The van der Waals surface area contributed by atoms with Crippen molar-refractivity contribution in [3.8, 4) is 0 Å². The minimum Gasteiger partial charge on any atom is -0.360 e. The van der Waals surface area contributed by atoms with E-state index in [1.54, 1.807) is 0 Å². The summed E-state index contributed by atoms with van der Waals surface area (Å²) in [7, 11) is 0. The molecule has 5 heteroatoms. The molecule has 1 aliphatic carbocycles. The molecule has 0 atom stereocenters. The molecule has 0 heterocycles. The Bertz CT molecular complexity index is 170. The molecule has 0 aromatic heterocycles. The Hall–Kier alpha value is -0.450. The largest absolute Gasteiger partial charge is 0.360 e. The SMILES string of the molecule is FC(F)CNC(=S)NC1CCCC1. The molecule has 0 bridgehead atoms. The van der Waals surface area contributed by atoms with Crippen molar-refractivity contribution < 1.29 is 8.78 Å². The first kappa shape index (κ1) is 10.6. The number of hydrogen-bond donors (Lipinski definition) is 2. The van der Waals surface area contributed by atoms with Gasteiger partial charge < -0.3 is 10.6 Å². The zero-order valence-electron chi connectivity index (χ0n) is 7.35. The van der Waals surface area contributed by atoms with Crippen LogP contribution in [0.25, 0.3) is 0 Å². The van der Waals surface area contributed by atoms with Gasteiger partial charge in [-0.15, -0.1) is 0 Å². The van der Waals surface area contributed by atoms with Gasteiger partial charge in [0.05, 0.1) is 6.54 Å². The molecule has 1 fully saturated rings. The minimum atomic E-state index is -2.34. The van der Waals surface area contributed by atoms with Crippen LogP contribution in [-0.4, -0.2) is 24.1 Å². The number of hydrogen-bond acceptors (Lipinski definition) is 1. The highest BCUT2D eigenvalue weighted by Gasteiger charge is 2.15. The fraction of sp³-hybridized carbons (Fsp3) is 0.875. The normalized spacial score (nSPS) is 17.8. The van der Waals surface area contributed by atoms with Crippen molar-refractivity contribution in [2.75, 3.05) is 6.54 Å². The second-order valence-corrected chi connectivity index (χ2v) is 3.64. The molecule has 0 amide bonds. The summed E-state index contributed by atoms with van der Waals surface area (Å²) in [6.07, 6.45) is 2.25. The molecule has 13 heavy (non-hydrogen) atoms. The third kappa shape index (κ3) is 4.36. The molecular formula is C8H14F2N2S. The number of rotatable bonds is 3. The van der Waals surface area contributed by atoms with E-state index in [0.29, 0.717) is 11.2 Å². The van der Waals surface area contributed by atoms with Crippen LogP contribution in [0.4, 0.5) is 8.78 Å². The maximum absolute atomic E-state index is 11.8. The molecule has 0 aromatic carbocycles. The van der Waals surface area contributed by atoms with Crippen LogP contribution < -0.4 is 10.6 Å². The van der Waals surface area contributed by atoms with Crippen LogP contribution in [0, 0.1) is 0 Å². The predicted molar refractivity (Wildman–Crippen MR) is 52.0 cm³/mol. The number of nitrogens with one attached hydrogen (secondary N) is 2. The van der Waals surface area contributed by atoms with Crippen molar-refractivity contribution in [2.24, 2.45) is 0 Å². The third-order valence-corrected chi connectivity index (χ3v) is 2.37. The number of alkyl halides is 2. The predicted octanol–water partition coefficient (Wildman–Crippen LogP) is 1.66.